The molecule has 0 unspecified atom stereocenters. The maximum atomic E-state index is 10.9. The SMILES string of the molecule is [N-]=[N+]=NCC(=O)NC[C@@H]1CCCO1. The lowest BCUT2D eigenvalue weighted by Crippen LogP contribution is -2.33. The van der Waals surface area contributed by atoms with Crippen LogP contribution in [-0.4, -0.2) is 31.7 Å². The lowest BCUT2D eigenvalue weighted by atomic mass is 10.2. The van der Waals surface area contributed by atoms with Crippen LogP contribution in [0.2, 0.25) is 0 Å². The fourth-order valence-corrected chi connectivity index (χ4v) is 1.18. The molecule has 1 aliphatic rings. The Kier molecular flexibility index (Phi) is 4.08. The van der Waals surface area contributed by atoms with Crippen molar-refractivity contribution in [1.29, 1.82) is 0 Å². The highest BCUT2D eigenvalue weighted by Gasteiger charge is 2.15. The monoisotopic (exact) mass is 184 g/mol. The van der Waals surface area contributed by atoms with Gasteiger partial charge in [0, 0.05) is 18.1 Å². The van der Waals surface area contributed by atoms with Gasteiger partial charge in [-0.25, -0.2) is 0 Å². The van der Waals surface area contributed by atoms with E-state index in [1.165, 1.54) is 0 Å². The molecule has 6 heteroatoms. The first-order chi connectivity index (χ1) is 6.33. The summed E-state index contributed by atoms with van der Waals surface area (Å²) in [5.41, 5.74) is 7.95. The Balaban J connectivity index is 2.10. The molecule has 6 nitrogen and oxygen atoms in total. The Labute approximate surface area is 75.9 Å². The number of azide groups is 1. The van der Waals surface area contributed by atoms with Gasteiger partial charge in [0.25, 0.3) is 0 Å². The lowest BCUT2D eigenvalue weighted by Gasteiger charge is -2.09. The van der Waals surface area contributed by atoms with Gasteiger partial charge in [0.1, 0.15) is 6.54 Å². The molecule has 1 N–H and O–H groups in total. The Morgan fingerprint density at radius 1 is 1.77 bits per heavy atom. The Morgan fingerprint density at radius 3 is 3.23 bits per heavy atom. The van der Waals surface area contributed by atoms with Gasteiger partial charge in [-0.15, -0.1) is 0 Å². The molecule has 0 spiro atoms. The molecule has 1 heterocycles. The molecule has 0 aliphatic carbocycles. The van der Waals surface area contributed by atoms with Crippen molar-refractivity contribution < 1.29 is 9.53 Å². The van der Waals surface area contributed by atoms with Gasteiger partial charge in [-0.1, -0.05) is 5.11 Å². The second kappa shape index (κ2) is 5.40. The highest BCUT2D eigenvalue weighted by atomic mass is 16.5. The van der Waals surface area contributed by atoms with Crippen LogP contribution >= 0.6 is 0 Å². The van der Waals surface area contributed by atoms with Crippen molar-refractivity contribution in [2.75, 3.05) is 19.7 Å². The number of rotatable bonds is 4. The quantitative estimate of drug-likeness (QED) is 0.393. The van der Waals surface area contributed by atoms with Crippen molar-refractivity contribution in [2.45, 2.75) is 18.9 Å². The largest absolute Gasteiger partial charge is 0.376 e. The van der Waals surface area contributed by atoms with Gasteiger partial charge < -0.3 is 10.1 Å². The van der Waals surface area contributed by atoms with E-state index in [2.05, 4.69) is 15.3 Å². The minimum absolute atomic E-state index is 0.134. The zero-order valence-electron chi connectivity index (χ0n) is 7.27. The summed E-state index contributed by atoms with van der Waals surface area (Å²) in [5, 5.41) is 5.78. The second-order valence-electron chi connectivity index (χ2n) is 2.83. The van der Waals surface area contributed by atoms with Gasteiger partial charge in [-0.05, 0) is 18.4 Å². The number of ether oxygens (including phenoxy) is 1. The normalized spacial score (nSPS) is 20.8. The smallest absolute Gasteiger partial charge is 0.225 e. The fraction of sp³-hybridized carbons (Fsp3) is 0.857. The van der Waals surface area contributed by atoms with Crippen LogP contribution in [0.4, 0.5) is 0 Å². The molecule has 1 atom stereocenters. The maximum absolute atomic E-state index is 10.9. The number of carbonyl (C=O) groups is 1. The van der Waals surface area contributed by atoms with E-state index in [9.17, 15) is 4.79 Å². The van der Waals surface area contributed by atoms with Crippen LogP contribution in [-0.2, 0) is 9.53 Å². The number of carbonyl (C=O) groups excluding carboxylic acids is 1. The number of nitrogens with zero attached hydrogens (tertiary/aromatic N) is 3. The van der Waals surface area contributed by atoms with Gasteiger partial charge in [0.15, 0.2) is 0 Å². The summed E-state index contributed by atoms with van der Waals surface area (Å²) >= 11 is 0. The van der Waals surface area contributed by atoms with Crippen LogP contribution in [0, 0.1) is 0 Å². The molecule has 13 heavy (non-hydrogen) atoms. The van der Waals surface area contributed by atoms with Crippen molar-refractivity contribution >= 4 is 5.91 Å². The average molecular weight is 184 g/mol. The summed E-state index contributed by atoms with van der Waals surface area (Å²) in [6.07, 6.45) is 2.17. The van der Waals surface area contributed by atoms with Crippen LogP contribution in [0.1, 0.15) is 12.8 Å². The summed E-state index contributed by atoms with van der Waals surface area (Å²) in [5.74, 6) is -0.256. The molecule has 0 aromatic rings. The Hall–Kier alpha value is -1.26. The second-order valence-corrected chi connectivity index (χ2v) is 2.83. The number of amides is 1. The highest BCUT2D eigenvalue weighted by molar-refractivity contribution is 5.78. The van der Waals surface area contributed by atoms with E-state index in [0.717, 1.165) is 19.4 Å². The van der Waals surface area contributed by atoms with Crippen molar-refractivity contribution in [3.05, 3.63) is 10.4 Å². The first kappa shape index (κ1) is 9.83. The van der Waals surface area contributed by atoms with Crippen LogP contribution in [0.5, 0.6) is 0 Å². The average Bonchev–Trinajstić information content (AvgIpc) is 2.64. The molecule has 0 aromatic carbocycles. The van der Waals surface area contributed by atoms with Crippen LogP contribution in [0.3, 0.4) is 0 Å². The molecule has 0 saturated carbocycles. The van der Waals surface area contributed by atoms with Gasteiger partial charge >= 0.3 is 0 Å². The standard InChI is InChI=1S/C7H12N4O2/c8-11-10-5-7(12)9-4-6-2-1-3-13-6/h6H,1-5H2,(H,9,12)/t6-/m0/s1. The van der Waals surface area contributed by atoms with Crippen LogP contribution in [0.15, 0.2) is 5.11 Å². The van der Waals surface area contributed by atoms with Crippen molar-refractivity contribution in [1.82, 2.24) is 5.32 Å². The van der Waals surface area contributed by atoms with E-state index in [1.807, 2.05) is 0 Å². The third-order valence-electron chi connectivity index (χ3n) is 1.83. The topological polar surface area (TPSA) is 87.1 Å². The van der Waals surface area contributed by atoms with Gasteiger partial charge in [0.05, 0.1) is 6.10 Å². The fourth-order valence-electron chi connectivity index (χ4n) is 1.18. The first-order valence-electron chi connectivity index (χ1n) is 4.22. The summed E-state index contributed by atoms with van der Waals surface area (Å²) in [4.78, 5) is 13.4. The van der Waals surface area contributed by atoms with E-state index in [-0.39, 0.29) is 18.6 Å². The summed E-state index contributed by atoms with van der Waals surface area (Å²) < 4.78 is 5.29. The Morgan fingerprint density at radius 2 is 2.62 bits per heavy atom. The molecule has 0 aromatic heterocycles. The molecule has 0 radical (unpaired) electrons. The van der Waals surface area contributed by atoms with Crippen LogP contribution < -0.4 is 5.32 Å². The maximum Gasteiger partial charge on any atom is 0.225 e. The summed E-state index contributed by atoms with van der Waals surface area (Å²) in [6.45, 7) is 1.15. The lowest BCUT2D eigenvalue weighted by molar-refractivity contribution is -0.120. The molecular formula is C7H12N4O2. The number of hydrogen-bond acceptors (Lipinski definition) is 3. The Bertz CT molecular complexity index is 219. The molecule has 0 bridgehead atoms. The third kappa shape index (κ3) is 3.78. The summed E-state index contributed by atoms with van der Waals surface area (Å²) in [7, 11) is 0. The first-order valence-corrected chi connectivity index (χ1v) is 4.22. The summed E-state index contributed by atoms with van der Waals surface area (Å²) in [6, 6.07) is 0. The van der Waals surface area contributed by atoms with E-state index in [1.54, 1.807) is 0 Å². The van der Waals surface area contributed by atoms with E-state index < -0.39 is 0 Å². The zero-order chi connectivity index (χ0) is 9.52. The van der Waals surface area contributed by atoms with Gasteiger partial charge in [-0.3, -0.25) is 4.79 Å². The minimum atomic E-state index is -0.256. The number of hydrogen-bond donors (Lipinski definition) is 1. The zero-order valence-corrected chi connectivity index (χ0v) is 7.27. The molecular weight excluding hydrogens is 172 g/mol. The molecule has 1 rings (SSSR count). The van der Waals surface area contributed by atoms with Gasteiger partial charge in [-0.2, -0.15) is 0 Å². The van der Waals surface area contributed by atoms with Gasteiger partial charge in [0.2, 0.25) is 5.91 Å². The highest BCUT2D eigenvalue weighted by Crippen LogP contribution is 2.10. The third-order valence-corrected chi connectivity index (χ3v) is 1.83. The minimum Gasteiger partial charge on any atom is -0.376 e. The molecule has 1 fully saturated rings. The molecule has 1 amide bonds. The van der Waals surface area contributed by atoms with Crippen molar-refractivity contribution in [3.63, 3.8) is 0 Å². The number of nitrogens with one attached hydrogen (secondary N) is 1. The van der Waals surface area contributed by atoms with E-state index >= 15 is 0 Å². The van der Waals surface area contributed by atoms with Crippen molar-refractivity contribution in [2.24, 2.45) is 5.11 Å². The van der Waals surface area contributed by atoms with E-state index in [4.69, 9.17) is 10.3 Å². The predicted molar refractivity (Wildman–Crippen MR) is 46.0 cm³/mol. The van der Waals surface area contributed by atoms with Crippen LogP contribution in [0.25, 0.3) is 10.4 Å². The van der Waals surface area contributed by atoms with Crippen molar-refractivity contribution in [3.8, 4) is 0 Å². The van der Waals surface area contributed by atoms with E-state index in [0.29, 0.717) is 6.54 Å². The predicted octanol–water partition coefficient (Wildman–Crippen LogP) is 0.592. The molecule has 1 saturated heterocycles. The molecule has 72 valence electrons. The molecule has 1 aliphatic heterocycles.